The molecule has 3 aromatic rings. The maximum atomic E-state index is 12.9. The van der Waals surface area contributed by atoms with Crippen LogP contribution in [-0.2, 0) is 0 Å². The zero-order valence-electron chi connectivity index (χ0n) is 11.3. The first-order valence-corrected chi connectivity index (χ1v) is 6.51. The molecular weight excluding hydrogens is 255 g/mol. The van der Waals surface area contributed by atoms with E-state index in [9.17, 15) is 4.39 Å². The first-order valence-electron chi connectivity index (χ1n) is 6.51. The van der Waals surface area contributed by atoms with Crippen molar-refractivity contribution in [1.29, 1.82) is 0 Å². The molecule has 0 spiro atoms. The Balaban J connectivity index is 2.05. The predicted octanol–water partition coefficient (Wildman–Crippen LogP) is 3.89. The van der Waals surface area contributed by atoms with Gasteiger partial charge in [-0.2, -0.15) is 5.10 Å². The van der Waals surface area contributed by atoms with Gasteiger partial charge in [-0.15, -0.1) is 0 Å². The van der Waals surface area contributed by atoms with Crippen molar-refractivity contribution in [1.82, 2.24) is 14.8 Å². The van der Waals surface area contributed by atoms with Gasteiger partial charge in [0, 0.05) is 17.9 Å². The molecule has 1 N–H and O–H groups in total. The number of halogens is 1. The number of nitrogens with zero attached hydrogens (tertiary/aromatic N) is 3. The SMILES string of the molecule is CC(C)n1nc(Nc2ccc(F)cc2)c2cccnc21. The lowest BCUT2D eigenvalue weighted by molar-refractivity contribution is 0.548. The lowest BCUT2D eigenvalue weighted by atomic mass is 10.3. The molecular formula is C15H15FN4. The van der Waals surface area contributed by atoms with E-state index in [1.54, 1.807) is 18.3 Å². The fraction of sp³-hybridized carbons (Fsp3) is 0.200. The Hall–Kier alpha value is -2.43. The van der Waals surface area contributed by atoms with Crippen LogP contribution in [0.15, 0.2) is 42.6 Å². The molecule has 102 valence electrons. The van der Waals surface area contributed by atoms with E-state index in [1.165, 1.54) is 12.1 Å². The van der Waals surface area contributed by atoms with E-state index in [0.717, 1.165) is 22.5 Å². The minimum Gasteiger partial charge on any atom is -0.338 e. The van der Waals surface area contributed by atoms with Crippen molar-refractivity contribution in [3.05, 3.63) is 48.4 Å². The Kier molecular flexibility index (Phi) is 3.10. The van der Waals surface area contributed by atoms with Gasteiger partial charge in [0.2, 0.25) is 0 Å². The third kappa shape index (κ3) is 2.22. The smallest absolute Gasteiger partial charge is 0.162 e. The second-order valence-electron chi connectivity index (χ2n) is 4.89. The van der Waals surface area contributed by atoms with E-state index in [0.29, 0.717) is 0 Å². The highest BCUT2D eigenvalue weighted by Gasteiger charge is 2.13. The monoisotopic (exact) mass is 270 g/mol. The normalized spacial score (nSPS) is 11.2. The van der Waals surface area contributed by atoms with E-state index in [2.05, 4.69) is 29.2 Å². The Morgan fingerprint density at radius 1 is 1.15 bits per heavy atom. The quantitative estimate of drug-likeness (QED) is 0.785. The third-order valence-corrected chi connectivity index (χ3v) is 3.06. The number of aromatic nitrogens is 3. The van der Waals surface area contributed by atoms with E-state index in [-0.39, 0.29) is 11.9 Å². The second-order valence-corrected chi connectivity index (χ2v) is 4.89. The van der Waals surface area contributed by atoms with Crippen molar-refractivity contribution in [3.63, 3.8) is 0 Å². The number of pyridine rings is 1. The first-order chi connectivity index (χ1) is 9.65. The van der Waals surface area contributed by atoms with Crippen LogP contribution >= 0.6 is 0 Å². The molecule has 0 radical (unpaired) electrons. The predicted molar refractivity (Wildman–Crippen MR) is 77.6 cm³/mol. The summed E-state index contributed by atoms with van der Waals surface area (Å²) in [7, 11) is 0. The number of hydrogen-bond donors (Lipinski definition) is 1. The molecule has 3 rings (SSSR count). The van der Waals surface area contributed by atoms with Crippen molar-refractivity contribution < 1.29 is 4.39 Å². The summed E-state index contributed by atoms with van der Waals surface area (Å²) < 4.78 is 14.8. The molecule has 0 atom stereocenters. The van der Waals surface area contributed by atoms with Gasteiger partial charge in [-0.25, -0.2) is 14.1 Å². The molecule has 1 aromatic carbocycles. The number of nitrogens with one attached hydrogen (secondary N) is 1. The number of rotatable bonds is 3. The van der Waals surface area contributed by atoms with Crippen LogP contribution in [0.25, 0.3) is 11.0 Å². The van der Waals surface area contributed by atoms with E-state index in [1.807, 2.05) is 16.8 Å². The van der Waals surface area contributed by atoms with E-state index < -0.39 is 0 Å². The molecule has 0 fully saturated rings. The molecule has 0 aliphatic carbocycles. The van der Waals surface area contributed by atoms with Crippen LogP contribution in [-0.4, -0.2) is 14.8 Å². The summed E-state index contributed by atoms with van der Waals surface area (Å²) in [5.74, 6) is 0.475. The van der Waals surface area contributed by atoms with Crippen LogP contribution < -0.4 is 5.32 Å². The number of benzene rings is 1. The Labute approximate surface area is 116 Å². The van der Waals surface area contributed by atoms with Crippen LogP contribution in [0.4, 0.5) is 15.9 Å². The van der Waals surface area contributed by atoms with Gasteiger partial charge in [-0.1, -0.05) is 0 Å². The van der Waals surface area contributed by atoms with Crippen molar-refractivity contribution in [2.75, 3.05) is 5.32 Å². The summed E-state index contributed by atoms with van der Waals surface area (Å²) in [5.41, 5.74) is 1.64. The summed E-state index contributed by atoms with van der Waals surface area (Å²) in [4.78, 5) is 4.38. The summed E-state index contributed by atoms with van der Waals surface area (Å²) in [5, 5.41) is 8.72. The van der Waals surface area contributed by atoms with Crippen LogP contribution in [0, 0.1) is 5.82 Å². The molecule has 5 heteroatoms. The summed E-state index contributed by atoms with van der Waals surface area (Å²) in [6.45, 7) is 4.12. The first kappa shape index (κ1) is 12.6. The fourth-order valence-electron chi connectivity index (χ4n) is 2.10. The number of anilines is 2. The maximum absolute atomic E-state index is 12.9. The molecule has 0 bridgehead atoms. The second kappa shape index (κ2) is 4.92. The van der Waals surface area contributed by atoms with Gasteiger partial charge in [-0.05, 0) is 50.2 Å². The van der Waals surface area contributed by atoms with Gasteiger partial charge >= 0.3 is 0 Å². The lowest BCUT2D eigenvalue weighted by Gasteiger charge is -2.05. The largest absolute Gasteiger partial charge is 0.338 e. The molecule has 0 aliphatic rings. The molecule has 0 unspecified atom stereocenters. The Morgan fingerprint density at radius 2 is 1.90 bits per heavy atom. The van der Waals surface area contributed by atoms with Crippen LogP contribution in [0.2, 0.25) is 0 Å². The summed E-state index contributed by atoms with van der Waals surface area (Å²) in [6.07, 6.45) is 1.75. The Bertz CT molecular complexity index is 731. The van der Waals surface area contributed by atoms with Crippen molar-refractivity contribution in [2.45, 2.75) is 19.9 Å². The average Bonchev–Trinajstić information content (AvgIpc) is 2.81. The molecule has 4 nitrogen and oxygen atoms in total. The minimum absolute atomic E-state index is 0.219. The van der Waals surface area contributed by atoms with Gasteiger partial charge < -0.3 is 5.32 Å². The molecule has 2 aromatic heterocycles. The van der Waals surface area contributed by atoms with Crippen LogP contribution in [0.3, 0.4) is 0 Å². The molecule has 20 heavy (non-hydrogen) atoms. The van der Waals surface area contributed by atoms with Crippen molar-refractivity contribution >= 4 is 22.5 Å². The van der Waals surface area contributed by atoms with Gasteiger partial charge in [0.25, 0.3) is 0 Å². The molecule has 0 saturated heterocycles. The van der Waals surface area contributed by atoms with Gasteiger partial charge in [-0.3, -0.25) is 0 Å². The molecule has 0 aliphatic heterocycles. The van der Waals surface area contributed by atoms with Gasteiger partial charge in [0.05, 0.1) is 5.39 Å². The van der Waals surface area contributed by atoms with Crippen LogP contribution in [0.5, 0.6) is 0 Å². The highest BCUT2D eigenvalue weighted by molar-refractivity contribution is 5.89. The standard InChI is InChI=1S/C15H15FN4/c1-10(2)20-15-13(4-3-9-17-15)14(19-20)18-12-7-5-11(16)6-8-12/h3-10H,1-2H3,(H,18,19). The summed E-state index contributed by atoms with van der Waals surface area (Å²) in [6, 6.07) is 10.3. The molecule has 2 heterocycles. The zero-order chi connectivity index (χ0) is 14.1. The third-order valence-electron chi connectivity index (χ3n) is 3.06. The molecule has 0 amide bonds. The van der Waals surface area contributed by atoms with Crippen LogP contribution in [0.1, 0.15) is 19.9 Å². The lowest BCUT2D eigenvalue weighted by Crippen LogP contribution is -2.03. The zero-order valence-corrected chi connectivity index (χ0v) is 11.3. The highest BCUT2D eigenvalue weighted by atomic mass is 19.1. The summed E-state index contributed by atoms with van der Waals surface area (Å²) >= 11 is 0. The maximum Gasteiger partial charge on any atom is 0.162 e. The van der Waals surface area contributed by atoms with Gasteiger partial charge in [0.1, 0.15) is 5.82 Å². The minimum atomic E-state index is -0.255. The van der Waals surface area contributed by atoms with Gasteiger partial charge in [0.15, 0.2) is 11.5 Å². The van der Waals surface area contributed by atoms with Crippen molar-refractivity contribution in [2.24, 2.45) is 0 Å². The Morgan fingerprint density at radius 3 is 2.60 bits per heavy atom. The average molecular weight is 270 g/mol. The van der Waals surface area contributed by atoms with E-state index in [4.69, 9.17) is 0 Å². The number of hydrogen-bond acceptors (Lipinski definition) is 3. The number of fused-ring (bicyclic) bond motifs is 1. The topological polar surface area (TPSA) is 42.7 Å². The fourth-order valence-corrected chi connectivity index (χ4v) is 2.10. The molecule has 0 saturated carbocycles. The highest BCUT2D eigenvalue weighted by Crippen LogP contribution is 2.26. The van der Waals surface area contributed by atoms with Crippen molar-refractivity contribution in [3.8, 4) is 0 Å². The van der Waals surface area contributed by atoms with E-state index >= 15 is 0 Å².